The Balaban J connectivity index is 1.77. The number of methoxy groups -OCH3 is 2. The summed E-state index contributed by atoms with van der Waals surface area (Å²) in [5.41, 5.74) is 2.34. The zero-order chi connectivity index (χ0) is 24.5. The molecule has 0 aliphatic heterocycles. The maximum Gasteiger partial charge on any atom is 0.343 e. The van der Waals surface area contributed by atoms with Gasteiger partial charge in [0.2, 0.25) is 0 Å². The van der Waals surface area contributed by atoms with Crippen molar-refractivity contribution in [1.29, 1.82) is 0 Å². The van der Waals surface area contributed by atoms with Gasteiger partial charge in [-0.2, -0.15) is 0 Å². The molecule has 0 radical (unpaired) electrons. The summed E-state index contributed by atoms with van der Waals surface area (Å²) in [6.07, 6.45) is 4.87. The lowest BCUT2D eigenvalue weighted by atomic mass is 10.1. The smallest absolute Gasteiger partial charge is 0.343 e. The quantitative estimate of drug-likeness (QED) is 0.224. The second kappa shape index (κ2) is 11.5. The summed E-state index contributed by atoms with van der Waals surface area (Å²) in [4.78, 5) is 25.5. The van der Waals surface area contributed by atoms with Crippen molar-refractivity contribution in [3.05, 3.63) is 108 Å². The maximum absolute atomic E-state index is 12.8. The van der Waals surface area contributed by atoms with Gasteiger partial charge in [-0.05, 0) is 66.4 Å². The van der Waals surface area contributed by atoms with E-state index < -0.39 is 11.9 Å². The average molecular weight is 459 g/mol. The summed E-state index contributed by atoms with van der Waals surface area (Å²) < 4.78 is 21.7. The van der Waals surface area contributed by atoms with Crippen LogP contribution in [0.25, 0.3) is 0 Å². The van der Waals surface area contributed by atoms with Crippen LogP contribution in [0.4, 0.5) is 0 Å². The highest BCUT2D eigenvalue weighted by molar-refractivity contribution is 5.97. The third-order valence-corrected chi connectivity index (χ3v) is 4.96. The highest BCUT2D eigenvalue weighted by atomic mass is 16.6. The topological polar surface area (TPSA) is 71.1 Å². The predicted octanol–water partition coefficient (Wildman–Crippen LogP) is 5.60. The van der Waals surface area contributed by atoms with E-state index in [4.69, 9.17) is 18.9 Å². The first-order chi connectivity index (χ1) is 16.5. The number of hydrogen-bond acceptors (Lipinski definition) is 6. The van der Waals surface area contributed by atoms with E-state index in [1.54, 1.807) is 54.6 Å². The molecule has 3 aromatic carbocycles. The fourth-order valence-corrected chi connectivity index (χ4v) is 3.27. The Hall–Kier alpha value is -4.32. The second-order valence-corrected chi connectivity index (χ2v) is 7.32. The van der Waals surface area contributed by atoms with Gasteiger partial charge < -0.3 is 18.9 Å². The molecule has 0 heterocycles. The number of rotatable bonds is 10. The van der Waals surface area contributed by atoms with E-state index >= 15 is 0 Å². The van der Waals surface area contributed by atoms with Crippen molar-refractivity contribution < 1.29 is 28.5 Å². The van der Waals surface area contributed by atoms with Crippen LogP contribution in [0.1, 0.15) is 31.8 Å². The van der Waals surface area contributed by atoms with E-state index in [0.29, 0.717) is 24.3 Å². The number of benzene rings is 3. The zero-order valence-electron chi connectivity index (χ0n) is 19.2. The van der Waals surface area contributed by atoms with E-state index in [2.05, 4.69) is 13.2 Å². The summed E-state index contributed by atoms with van der Waals surface area (Å²) >= 11 is 0. The van der Waals surface area contributed by atoms with Crippen LogP contribution in [0, 0.1) is 0 Å². The summed E-state index contributed by atoms with van der Waals surface area (Å²) in [5, 5.41) is 0. The molecule has 0 amide bonds. The van der Waals surface area contributed by atoms with Crippen LogP contribution in [0.3, 0.4) is 0 Å². The average Bonchev–Trinajstić information content (AvgIpc) is 2.86. The van der Waals surface area contributed by atoms with Gasteiger partial charge in [0, 0.05) is 0 Å². The van der Waals surface area contributed by atoms with Crippen molar-refractivity contribution in [2.75, 3.05) is 14.2 Å². The summed E-state index contributed by atoms with van der Waals surface area (Å²) in [5.74, 6) is 0.146. The summed E-state index contributed by atoms with van der Waals surface area (Å²) in [7, 11) is 3.00. The Kier molecular flexibility index (Phi) is 8.24. The van der Waals surface area contributed by atoms with Gasteiger partial charge in [-0.1, -0.05) is 30.4 Å². The Labute approximate surface area is 199 Å². The summed E-state index contributed by atoms with van der Waals surface area (Å²) in [6.45, 7) is 7.43. The lowest BCUT2D eigenvalue weighted by molar-refractivity contribution is 0.0729. The molecule has 0 saturated heterocycles. The standard InChI is InChI=1S/C28H26O6/c1-5-8-19-12-14-23(25(16-19)31-3)33-27(29)21-10-7-11-22(18-21)28(30)34-24-15-13-20(9-6-2)17-26(24)32-4/h5-7,10-18H,1-2,8-9H2,3-4H3. The molecule has 174 valence electrons. The molecule has 0 aliphatic rings. The van der Waals surface area contributed by atoms with E-state index in [1.165, 1.54) is 20.3 Å². The van der Waals surface area contributed by atoms with Gasteiger partial charge in [-0.25, -0.2) is 9.59 Å². The van der Waals surface area contributed by atoms with Crippen molar-refractivity contribution in [1.82, 2.24) is 0 Å². The lowest BCUT2D eigenvalue weighted by Gasteiger charge is -2.12. The Bertz CT molecular complexity index is 1120. The molecule has 6 nitrogen and oxygen atoms in total. The number of ether oxygens (including phenoxy) is 4. The van der Waals surface area contributed by atoms with E-state index in [9.17, 15) is 9.59 Å². The first-order valence-corrected chi connectivity index (χ1v) is 10.6. The molecule has 34 heavy (non-hydrogen) atoms. The number of hydrogen-bond donors (Lipinski definition) is 0. The first kappa shape index (κ1) is 24.3. The molecular weight excluding hydrogens is 432 g/mol. The Morgan fingerprint density at radius 3 is 1.50 bits per heavy atom. The molecule has 0 fully saturated rings. The molecule has 0 aromatic heterocycles. The van der Waals surface area contributed by atoms with Crippen molar-refractivity contribution in [3.63, 3.8) is 0 Å². The van der Waals surface area contributed by atoms with Gasteiger partial charge in [0.15, 0.2) is 23.0 Å². The van der Waals surface area contributed by atoms with Crippen molar-refractivity contribution in [2.24, 2.45) is 0 Å². The fraction of sp³-hybridized carbons (Fsp3) is 0.143. The van der Waals surface area contributed by atoms with E-state index in [0.717, 1.165) is 11.1 Å². The van der Waals surface area contributed by atoms with Gasteiger partial charge in [0.25, 0.3) is 0 Å². The van der Waals surface area contributed by atoms with E-state index in [1.807, 2.05) is 12.1 Å². The normalized spacial score (nSPS) is 10.2. The number of esters is 2. The third-order valence-electron chi connectivity index (χ3n) is 4.96. The van der Waals surface area contributed by atoms with Crippen LogP contribution >= 0.6 is 0 Å². The number of allylic oxidation sites excluding steroid dienone is 2. The monoisotopic (exact) mass is 458 g/mol. The van der Waals surface area contributed by atoms with Crippen LogP contribution in [0.15, 0.2) is 86.0 Å². The maximum atomic E-state index is 12.8. The molecule has 0 saturated carbocycles. The number of carbonyl (C=O) groups is 2. The third kappa shape index (κ3) is 5.92. The van der Waals surface area contributed by atoms with Crippen molar-refractivity contribution in [3.8, 4) is 23.0 Å². The molecule has 0 bridgehead atoms. The SMILES string of the molecule is C=CCc1ccc(OC(=O)c2cccc(C(=O)Oc3ccc(CC=C)cc3OC)c2)c(OC)c1. The Morgan fingerprint density at radius 2 is 1.12 bits per heavy atom. The van der Waals surface area contributed by atoms with Crippen LogP contribution in [0.2, 0.25) is 0 Å². The predicted molar refractivity (Wildman–Crippen MR) is 130 cm³/mol. The summed E-state index contributed by atoms with van der Waals surface area (Å²) in [6, 6.07) is 16.7. The molecular formula is C28H26O6. The molecule has 0 spiro atoms. The van der Waals surface area contributed by atoms with Gasteiger partial charge in [0.05, 0.1) is 25.3 Å². The minimum absolute atomic E-state index is 0.194. The van der Waals surface area contributed by atoms with Gasteiger partial charge in [-0.15, -0.1) is 13.2 Å². The first-order valence-electron chi connectivity index (χ1n) is 10.6. The van der Waals surface area contributed by atoms with Crippen LogP contribution < -0.4 is 18.9 Å². The molecule has 6 heteroatoms. The lowest BCUT2D eigenvalue weighted by Crippen LogP contribution is -2.13. The molecule has 0 aliphatic carbocycles. The van der Waals surface area contributed by atoms with Gasteiger partial charge >= 0.3 is 11.9 Å². The molecule has 3 aromatic rings. The molecule has 0 unspecified atom stereocenters. The van der Waals surface area contributed by atoms with Crippen LogP contribution in [-0.2, 0) is 12.8 Å². The largest absolute Gasteiger partial charge is 0.493 e. The molecule has 0 atom stereocenters. The van der Waals surface area contributed by atoms with Crippen molar-refractivity contribution in [2.45, 2.75) is 12.8 Å². The highest BCUT2D eigenvalue weighted by Gasteiger charge is 2.17. The van der Waals surface area contributed by atoms with Gasteiger partial charge in [-0.3, -0.25) is 0 Å². The fourth-order valence-electron chi connectivity index (χ4n) is 3.27. The van der Waals surface area contributed by atoms with Crippen molar-refractivity contribution >= 4 is 11.9 Å². The molecule has 3 rings (SSSR count). The molecule has 0 N–H and O–H groups in total. The van der Waals surface area contributed by atoms with Crippen LogP contribution in [0.5, 0.6) is 23.0 Å². The minimum atomic E-state index is -0.629. The van der Waals surface area contributed by atoms with E-state index in [-0.39, 0.29) is 22.6 Å². The Morgan fingerprint density at radius 1 is 0.676 bits per heavy atom. The zero-order valence-corrected chi connectivity index (χ0v) is 19.2. The van der Waals surface area contributed by atoms with Crippen LogP contribution in [-0.4, -0.2) is 26.2 Å². The number of carbonyl (C=O) groups excluding carboxylic acids is 2. The minimum Gasteiger partial charge on any atom is -0.493 e. The van der Waals surface area contributed by atoms with Gasteiger partial charge in [0.1, 0.15) is 0 Å². The second-order valence-electron chi connectivity index (χ2n) is 7.32. The highest BCUT2D eigenvalue weighted by Crippen LogP contribution is 2.30.